The first kappa shape index (κ1) is 18.1. The Balaban J connectivity index is 1.71. The van der Waals surface area contributed by atoms with Crippen molar-refractivity contribution in [2.24, 2.45) is 0 Å². The minimum absolute atomic E-state index is 0.0523. The molecule has 0 atom stereocenters. The summed E-state index contributed by atoms with van der Waals surface area (Å²) >= 11 is 0. The number of hydrogen-bond acceptors (Lipinski definition) is 5. The Morgan fingerprint density at radius 3 is 1.88 bits per heavy atom. The number of carbonyl (C=O) groups excluding carboxylic acids is 2. The van der Waals surface area contributed by atoms with Gasteiger partial charge in [0.1, 0.15) is 0 Å². The van der Waals surface area contributed by atoms with Crippen molar-refractivity contribution >= 4 is 11.8 Å². The van der Waals surface area contributed by atoms with E-state index in [4.69, 9.17) is 14.2 Å². The van der Waals surface area contributed by atoms with E-state index in [-0.39, 0.29) is 12.4 Å². The molecule has 2 aromatic carbocycles. The lowest BCUT2D eigenvalue weighted by atomic mass is 10.3. The van der Waals surface area contributed by atoms with Gasteiger partial charge in [-0.05, 0) is 24.3 Å². The van der Waals surface area contributed by atoms with Crippen molar-refractivity contribution in [3.8, 4) is 17.2 Å². The highest BCUT2D eigenvalue weighted by Gasteiger charge is 2.09. The predicted octanol–water partition coefficient (Wildman–Crippen LogP) is 1.44. The van der Waals surface area contributed by atoms with Gasteiger partial charge in [-0.15, -0.1) is 0 Å². The van der Waals surface area contributed by atoms with Crippen LogP contribution >= 0.6 is 0 Å². The normalized spacial score (nSPS) is 9.84. The zero-order valence-corrected chi connectivity index (χ0v) is 13.5. The van der Waals surface area contributed by atoms with E-state index >= 15 is 0 Å². The minimum Gasteiger partial charge on any atom is -0.493 e. The van der Waals surface area contributed by atoms with Crippen LogP contribution in [0.5, 0.6) is 17.2 Å². The Kier molecular flexibility index (Phi) is 6.58. The molecular weight excluding hydrogens is 331 g/mol. The zero-order chi connectivity index (χ0) is 18.1. The van der Waals surface area contributed by atoms with E-state index < -0.39 is 24.2 Å². The van der Waals surface area contributed by atoms with Crippen molar-refractivity contribution in [3.05, 3.63) is 54.3 Å². The Hall–Kier alpha value is -3.29. The first-order valence-electron chi connectivity index (χ1n) is 7.31. The maximum absolute atomic E-state index is 13.3. The summed E-state index contributed by atoms with van der Waals surface area (Å²) in [5, 5.41) is 0. The van der Waals surface area contributed by atoms with E-state index in [0.29, 0.717) is 11.5 Å². The van der Waals surface area contributed by atoms with Gasteiger partial charge >= 0.3 is 0 Å². The smallest absolute Gasteiger partial charge is 0.276 e. The third-order valence-corrected chi connectivity index (χ3v) is 2.96. The summed E-state index contributed by atoms with van der Waals surface area (Å²) in [4.78, 5) is 23.2. The third-order valence-electron chi connectivity index (χ3n) is 2.96. The van der Waals surface area contributed by atoms with E-state index in [9.17, 15) is 14.0 Å². The lowest BCUT2D eigenvalue weighted by molar-refractivity contribution is -0.131. The molecule has 132 valence electrons. The topological polar surface area (TPSA) is 85.9 Å². The molecule has 0 aromatic heterocycles. The van der Waals surface area contributed by atoms with Crippen LogP contribution in [0.15, 0.2) is 48.5 Å². The molecule has 7 nitrogen and oxygen atoms in total. The average molecular weight is 348 g/mol. The van der Waals surface area contributed by atoms with Crippen molar-refractivity contribution in [1.82, 2.24) is 10.9 Å². The molecule has 0 spiro atoms. The number of rotatable bonds is 7. The van der Waals surface area contributed by atoms with Crippen LogP contribution in [0.3, 0.4) is 0 Å². The average Bonchev–Trinajstić information content (AvgIpc) is 2.64. The summed E-state index contributed by atoms with van der Waals surface area (Å²) < 4.78 is 28.7. The number of para-hydroxylation sites is 3. The van der Waals surface area contributed by atoms with Crippen molar-refractivity contribution < 1.29 is 28.2 Å². The van der Waals surface area contributed by atoms with Crippen LogP contribution in [0.4, 0.5) is 4.39 Å². The third kappa shape index (κ3) is 5.69. The van der Waals surface area contributed by atoms with Gasteiger partial charge in [-0.3, -0.25) is 20.4 Å². The first-order valence-corrected chi connectivity index (χ1v) is 7.31. The highest BCUT2D eigenvalue weighted by atomic mass is 19.1. The first-order chi connectivity index (χ1) is 12.1. The van der Waals surface area contributed by atoms with Crippen LogP contribution in [0, 0.1) is 5.82 Å². The monoisotopic (exact) mass is 348 g/mol. The minimum atomic E-state index is -0.645. The molecule has 0 bridgehead atoms. The molecule has 0 heterocycles. The maximum atomic E-state index is 13.3. The summed E-state index contributed by atoms with van der Waals surface area (Å²) in [5.74, 6) is -0.973. The fourth-order valence-corrected chi connectivity index (χ4v) is 1.80. The van der Waals surface area contributed by atoms with Gasteiger partial charge in [-0.2, -0.15) is 0 Å². The standard InChI is InChI=1S/C17H17FN2O5/c1-23-14-8-4-5-9-15(14)25-11-17(22)20-19-16(21)10-24-13-7-3-2-6-12(13)18/h2-9H,10-11H2,1H3,(H,19,21)(H,20,22). The van der Waals surface area contributed by atoms with Gasteiger partial charge < -0.3 is 14.2 Å². The second-order valence-corrected chi connectivity index (χ2v) is 4.75. The summed E-state index contributed by atoms with van der Waals surface area (Å²) in [6.45, 7) is -0.774. The van der Waals surface area contributed by atoms with Gasteiger partial charge in [-0.25, -0.2) is 4.39 Å². The lowest BCUT2D eigenvalue weighted by Crippen LogP contribution is -2.45. The summed E-state index contributed by atoms with van der Waals surface area (Å²) in [6.07, 6.45) is 0. The van der Waals surface area contributed by atoms with Crippen LogP contribution < -0.4 is 25.1 Å². The number of methoxy groups -OCH3 is 1. The number of hydrazine groups is 1. The summed E-state index contributed by atoms with van der Waals surface area (Å²) in [6, 6.07) is 12.5. The van der Waals surface area contributed by atoms with Crippen molar-refractivity contribution in [2.45, 2.75) is 0 Å². The van der Waals surface area contributed by atoms with Crippen LogP contribution in [-0.2, 0) is 9.59 Å². The van der Waals surface area contributed by atoms with E-state index in [0.717, 1.165) is 0 Å². The molecule has 8 heteroatoms. The fraction of sp³-hybridized carbons (Fsp3) is 0.176. The Morgan fingerprint density at radius 1 is 0.840 bits per heavy atom. The second kappa shape index (κ2) is 9.11. The molecular formula is C17H17FN2O5. The molecule has 2 rings (SSSR count). The molecule has 2 aromatic rings. The van der Waals surface area contributed by atoms with Crippen LogP contribution in [0.2, 0.25) is 0 Å². The van der Waals surface area contributed by atoms with Gasteiger partial charge in [0, 0.05) is 0 Å². The molecule has 0 saturated carbocycles. The van der Waals surface area contributed by atoms with Gasteiger partial charge in [0.25, 0.3) is 11.8 Å². The molecule has 0 aliphatic carbocycles. The van der Waals surface area contributed by atoms with E-state index in [2.05, 4.69) is 10.9 Å². The number of amides is 2. The molecule has 0 unspecified atom stereocenters. The Morgan fingerprint density at radius 2 is 1.32 bits per heavy atom. The van der Waals surface area contributed by atoms with Crippen LogP contribution in [0.25, 0.3) is 0 Å². The van der Waals surface area contributed by atoms with Crippen molar-refractivity contribution in [3.63, 3.8) is 0 Å². The van der Waals surface area contributed by atoms with E-state index in [1.165, 1.54) is 25.3 Å². The predicted molar refractivity (Wildman–Crippen MR) is 86.7 cm³/mol. The summed E-state index contributed by atoms with van der Waals surface area (Å²) in [5.41, 5.74) is 4.30. The molecule has 0 fully saturated rings. The van der Waals surface area contributed by atoms with Gasteiger partial charge in [0.2, 0.25) is 0 Å². The molecule has 0 saturated heterocycles. The van der Waals surface area contributed by atoms with Crippen molar-refractivity contribution in [1.29, 1.82) is 0 Å². The number of nitrogens with one attached hydrogen (secondary N) is 2. The van der Waals surface area contributed by atoms with Crippen LogP contribution in [-0.4, -0.2) is 32.1 Å². The Bertz CT molecular complexity index is 738. The fourth-order valence-electron chi connectivity index (χ4n) is 1.80. The maximum Gasteiger partial charge on any atom is 0.276 e. The SMILES string of the molecule is COc1ccccc1OCC(=O)NNC(=O)COc1ccccc1F. The number of carbonyl (C=O) groups is 2. The summed E-state index contributed by atoms with van der Waals surface area (Å²) in [7, 11) is 1.48. The number of benzene rings is 2. The Labute approximate surface area is 143 Å². The second-order valence-electron chi connectivity index (χ2n) is 4.75. The molecule has 0 radical (unpaired) electrons. The van der Waals surface area contributed by atoms with Gasteiger partial charge in [0.05, 0.1) is 7.11 Å². The largest absolute Gasteiger partial charge is 0.493 e. The highest BCUT2D eigenvalue weighted by molar-refractivity contribution is 5.83. The zero-order valence-electron chi connectivity index (χ0n) is 13.5. The van der Waals surface area contributed by atoms with Crippen LogP contribution in [0.1, 0.15) is 0 Å². The molecule has 0 aliphatic rings. The number of halogens is 1. The number of ether oxygens (including phenoxy) is 3. The van der Waals surface area contributed by atoms with E-state index in [1.54, 1.807) is 30.3 Å². The van der Waals surface area contributed by atoms with Gasteiger partial charge in [0.15, 0.2) is 36.3 Å². The molecule has 2 N–H and O–H groups in total. The van der Waals surface area contributed by atoms with Crippen molar-refractivity contribution in [2.75, 3.05) is 20.3 Å². The molecule has 2 amide bonds. The lowest BCUT2D eigenvalue weighted by Gasteiger charge is -2.11. The number of hydrogen-bond donors (Lipinski definition) is 2. The highest BCUT2D eigenvalue weighted by Crippen LogP contribution is 2.25. The quantitative estimate of drug-likeness (QED) is 0.740. The molecule has 0 aliphatic heterocycles. The molecule has 25 heavy (non-hydrogen) atoms. The van der Waals surface area contributed by atoms with E-state index in [1.807, 2.05) is 0 Å². The van der Waals surface area contributed by atoms with Gasteiger partial charge in [-0.1, -0.05) is 24.3 Å².